The van der Waals surface area contributed by atoms with E-state index >= 15 is 0 Å². The summed E-state index contributed by atoms with van der Waals surface area (Å²) in [6.07, 6.45) is 2.20. The maximum absolute atomic E-state index is 14.0. The van der Waals surface area contributed by atoms with Gasteiger partial charge in [-0.15, -0.1) is 0 Å². The Bertz CT molecular complexity index is 1400. The van der Waals surface area contributed by atoms with E-state index in [0.717, 1.165) is 37.7 Å². The number of pyridine rings is 1. The summed E-state index contributed by atoms with van der Waals surface area (Å²) in [6.45, 7) is 5.75. The molecular weight excluding hydrogens is 471 g/mol. The van der Waals surface area contributed by atoms with Gasteiger partial charge in [0.1, 0.15) is 17.0 Å². The molecule has 188 valence electrons. The molecule has 11 heteroatoms. The minimum Gasteiger partial charge on any atom is -0.361 e. The Kier molecular flexibility index (Phi) is 5.47. The molecule has 4 aromatic heterocycles. The number of nitrogens with one attached hydrogen (secondary N) is 2. The van der Waals surface area contributed by atoms with Gasteiger partial charge in [0.15, 0.2) is 0 Å². The predicted molar refractivity (Wildman–Crippen MR) is 128 cm³/mol. The lowest BCUT2D eigenvalue weighted by atomic mass is 9.85. The van der Waals surface area contributed by atoms with E-state index in [2.05, 4.69) is 35.3 Å². The second kappa shape index (κ2) is 8.58. The van der Waals surface area contributed by atoms with Crippen LogP contribution in [0.25, 0.3) is 33.5 Å². The molecule has 1 unspecified atom stereocenters. The van der Waals surface area contributed by atoms with Gasteiger partial charge in [0.05, 0.1) is 22.6 Å². The first kappa shape index (κ1) is 23.0. The van der Waals surface area contributed by atoms with E-state index < -0.39 is 11.7 Å². The summed E-state index contributed by atoms with van der Waals surface area (Å²) in [6, 6.07) is 4.02. The van der Waals surface area contributed by atoms with Gasteiger partial charge >= 0.3 is 6.18 Å². The van der Waals surface area contributed by atoms with Crippen molar-refractivity contribution >= 4 is 17.0 Å². The number of nitrogens with zero attached hydrogens (tertiary/aromatic N) is 5. The normalized spacial score (nSPS) is 20.7. The lowest BCUT2D eigenvalue weighted by Crippen LogP contribution is -2.53. The van der Waals surface area contributed by atoms with Crippen molar-refractivity contribution < 1.29 is 17.7 Å². The highest BCUT2D eigenvalue weighted by atomic mass is 19.4. The molecule has 36 heavy (non-hydrogen) atoms. The average Bonchev–Trinajstić information content (AvgIpc) is 3.56. The van der Waals surface area contributed by atoms with Gasteiger partial charge in [-0.25, -0.2) is 15.0 Å². The number of alkyl halides is 3. The molecule has 0 aromatic carbocycles. The van der Waals surface area contributed by atoms with Crippen molar-refractivity contribution in [1.82, 2.24) is 30.0 Å². The lowest BCUT2D eigenvalue weighted by molar-refractivity contribution is -0.137. The molecular formula is C25H26F3N7O. The molecule has 0 spiro atoms. The van der Waals surface area contributed by atoms with E-state index in [1.165, 1.54) is 19.0 Å². The number of likely N-dealkylation sites (tertiary alicyclic amines) is 1. The van der Waals surface area contributed by atoms with E-state index in [4.69, 9.17) is 4.52 Å². The molecule has 1 aliphatic heterocycles. The van der Waals surface area contributed by atoms with Crippen LogP contribution in [0.4, 0.5) is 19.1 Å². The van der Waals surface area contributed by atoms with Crippen LogP contribution < -0.4 is 5.32 Å². The molecule has 1 aliphatic carbocycles. The molecule has 6 rings (SSSR count). The summed E-state index contributed by atoms with van der Waals surface area (Å²) in [7, 11) is 0. The van der Waals surface area contributed by atoms with Gasteiger partial charge in [-0.2, -0.15) is 13.2 Å². The zero-order chi connectivity index (χ0) is 25.0. The number of fused-ring (bicyclic) bond motifs is 1. The minimum absolute atomic E-state index is 0.134. The van der Waals surface area contributed by atoms with Crippen molar-refractivity contribution in [3.63, 3.8) is 0 Å². The van der Waals surface area contributed by atoms with E-state index in [9.17, 15) is 13.2 Å². The fraction of sp³-hybridized carbons (Fsp3) is 0.440. The van der Waals surface area contributed by atoms with Crippen molar-refractivity contribution in [2.45, 2.75) is 57.8 Å². The van der Waals surface area contributed by atoms with Gasteiger partial charge in [0, 0.05) is 35.4 Å². The molecule has 0 radical (unpaired) electrons. The molecule has 2 aliphatic rings. The van der Waals surface area contributed by atoms with Crippen LogP contribution in [-0.2, 0) is 6.18 Å². The minimum atomic E-state index is -4.60. The maximum atomic E-state index is 14.0. The van der Waals surface area contributed by atoms with E-state index in [0.29, 0.717) is 39.8 Å². The zero-order valence-electron chi connectivity index (χ0n) is 20.0. The van der Waals surface area contributed by atoms with Crippen LogP contribution in [0, 0.1) is 13.8 Å². The number of H-pyrrole nitrogens is 1. The first-order valence-electron chi connectivity index (χ1n) is 12.2. The standard InChI is InChI=1S/C25H26F3N7O/c1-13-21(14(2)36-34-13)19-6-5-15-16(11-29-23(15)31-19)22-17(25(26,27)28)12-30-24(33-22)32-18-7-8-20(18)35-9-3-4-10-35/h5-6,11-12,18,20H,3-4,7-10H2,1-2H3,(H,29,31)(H,30,32,33)/t18-,20?/m0/s1. The van der Waals surface area contributed by atoms with Crippen molar-refractivity contribution in [3.8, 4) is 22.5 Å². The molecule has 0 amide bonds. The average molecular weight is 498 g/mol. The Labute approximate surface area is 205 Å². The molecule has 2 atom stereocenters. The monoisotopic (exact) mass is 497 g/mol. The molecule has 0 bridgehead atoms. The largest absolute Gasteiger partial charge is 0.419 e. The summed E-state index contributed by atoms with van der Waals surface area (Å²) in [5.74, 6) is 0.835. The Morgan fingerprint density at radius 1 is 1.11 bits per heavy atom. The summed E-state index contributed by atoms with van der Waals surface area (Å²) < 4.78 is 47.1. The SMILES string of the molecule is Cc1noc(C)c1-c1ccc2c(-c3nc(N[C@H]4CCC4N4CCCC4)ncc3C(F)(F)F)c[nH]c2n1. The smallest absolute Gasteiger partial charge is 0.361 e. The Balaban J connectivity index is 1.37. The van der Waals surface area contributed by atoms with Crippen molar-refractivity contribution in [3.05, 3.63) is 41.5 Å². The third-order valence-electron chi connectivity index (χ3n) is 7.34. The third kappa shape index (κ3) is 3.91. The van der Waals surface area contributed by atoms with Crippen LogP contribution >= 0.6 is 0 Å². The van der Waals surface area contributed by atoms with Gasteiger partial charge in [0.2, 0.25) is 5.95 Å². The number of halogens is 3. The van der Waals surface area contributed by atoms with Gasteiger partial charge in [-0.05, 0) is 64.8 Å². The number of aromatic amines is 1. The molecule has 8 nitrogen and oxygen atoms in total. The van der Waals surface area contributed by atoms with Crippen molar-refractivity contribution in [1.29, 1.82) is 0 Å². The molecule has 1 saturated carbocycles. The first-order valence-corrected chi connectivity index (χ1v) is 12.2. The van der Waals surface area contributed by atoms with Gasteiger partial charge in [-0.3, -0.25) is 4.90 Å². The summed E-state index contributed by atoms with van der Waals surface area (Å²) >= 11 is 0. The highest BCUT2D eigenvalue weighted by Crippen LogP contribution is 2.39. The Morgan fingerprint density at radius 2 is 1.92 bits per heavy atom. The molecule has 2 N–H and O–H groups in total. The fourth-order valence-corrected chi connectivity index (χ4v) is 5.38. The van der Waals surface area contributed by atoms with Crippen LogP contribution in [0.2, 0.25) is 0 Å². The van der Waals surface area contributed by atoms with Crippen LogP contribution in [0.1, 0.15) is 42.7 Å². The van der Waals surface area contributed by atoms with Crippen molar-refractivity contribution in [2.75, 3.05) is 18.4 Å². The van der Waals surface area contributed by atoms with Gasteiger partial charge < -0.3 is 14.8 Å². The first-order chi connectivity index (χ1) is 17.3. The van der Waals surface area contributed by atoms with Crippen LogP contribution in [0.5, 0.6) is 0 Å². The number of anilines is 1. The predicted octanol–water partition coefficient (Wildman–Crippen LogP) is 5.35. The quantitative estimate of drug-likeness (QED) is 0.384. The van der Waals surface area contributed by atoms with Gasteiger partial charge in [-0.1, -0.05) is 5.16 Å². The molecule has 1 saturated heterocycles. The number of rotatable bonds is 5. The topological polar surface area (TPSA) is 95.8 Å². The summed E-state index contributed by atoms with van der Waals surface area (Å²) in [5, 5.41) is 7.80. The maximum Gasteiger partial charge on any atom is 0.419 e. The van der Waals surface area contributed by atoms with Crippen molar-refractivity contribution in [2.24, 2.45) is 0 Å². The Morgan fingerprint density at radius 3 is 2.58 bits per heavy atom. The third-order valence-corrected chi connectivity index (χ3v) is 7.34. The van der Waals surface area contributed by atoms with E-state index in [1.807, 2.05) is 6.92 Å². The fourth-order valence-electron chi connectivity index (χ4n) is 5.38. The van der Waals surface area contributed by atoms with Gasteiger partial charge in [0.25, 0.3) is 0 Å². The number of hydrogen-bond acceptors (Lipinski definition) is 7. The molecule has 5 heterocycles. The van der Waals surface area contributed by atoms with E-state index in [-0.39, 0.29) is 17.7 Å². The Hall–Kier alpha value is -3.47. The second-order valence-corrected chi connectivity index (χ2v) is 9.59. The highest BCUT2D eigenvalue weighted by molar-refractivity contribution is 5.94. The zero-order valence-corrected chi connectivity index (χ0v) is 20.0. The van der Waals surface area contributed by atoms with E-state index in [1.54, 1.807) is 19.1 Å². The molecule has 4 aromatic rings. The second-order valence-electron chi connectivity index (χ2n) is 9.59. The number of hydrogen-bond donors (Lipinski definition) is 2. The summed E-state index contributed by atoms with van der Waals surface area (Å²) in [5.41, 5.74) is 1.82. The summed E-state index contributed by atoms with van der Waals surface area (Å²) in [4.78, 5) is 18.5. The molecule has 2 fully saturated rings. The number of aryl methyl sites for hydroxylation is 2. The van der Waals surface area contributed by atoms with Crippen LogP contribution in [0.15, 0.2) is 29.0 Å². The van der Waals surface area contributed by atoms with Crippen LogP contribution in [-0.4, -0.2) is 55.2 Å². The number of aromatic nitrogens is 5. The van der Waals surface area contributed by atoms with Crippen LogP contribution in [0.3, 0.4) is 0 Å². The highest BCUT2D eigenvalue weighted by Gasteiger charge is 2.39. The lowest BCUT2D eigenvalue weighted by Gasteiger charge is -2.43.